The number of hydrogen-bond donors (Lipinski definition) is 0. The SMILES string of the molecule is CC.CCC=Nc1nc(C(C)C)nc(C(C)C)c1SC. The third-order valence-electron chi connectivity index (χ3n) is 2.55. The Balaban J connectivity index is 0.00000172. The van der Waals surface area contributed by atoms with Crippen molar-refractivity contribution >= 4 is 23.8 Å². The quantitative estimate of drug-likeness (QED) is 0.525. The highest BCUT2D eigenvalue weighted by molar-refractivity contribution is 7.98. The van der Waals surface area contributed by atoms with Crippen molar-refractivity contribution in [2.24, 2.45) is 4.99 Å². The van der Waals surface area contributed by atoms with Gasteiger partial charge in [-0.2, -0.15) is 0 Å². The Morgan fingerprint density at radius 2 is 1.70 bits per heavy atom. The number of hydrogen-bond acceptors (Lipinski definition) is 4. The van der Waals surface area contributed by atoms with Crippen LogP contribution in [0.3, 0.4) is 0 Å². The van der Waals surface area contributed by atoms with Gasteiger partial charge in [0.1, 0.15) is 5.82 Å². The summed E-state index contributed by atoms with van der Waals surface area (Å²) in [4.78, 5) is 14.9. The van der Waals surface area contributed by atoms with Crippen LogP contribution in [0.25, 0.3) is 0 Å². The summed E-state index contributed by atoms with van der Waals surface area (Å²) in [6.45, 7) is 14.6. The molecule has 0 saturated heterocycles. The molecule has 0 aromatic carbocycles. The second-order valence-corrected chi connectivity index (χ2v) is 5.67. The van der Waals surface area contributed by atoms with E-state index < -0.39 is 0 Å². The molecule has 114 valence electrons. The van der Waals surface area contributed by atoms with Gasteiger partial charge in [-0.15, -0.1) is 11.8 Å². The number of thioether (sulfide) groups is 1. The highest BCUT2D eigenvalue weighted by Gasteiger charge is 2.17. The Kier molecular flexibility index (Phi) is 9.47. The summed E-state index contributed by atoms with van der Waals surface area (Å²) < 4.78 is 0. The van der Waals surface area contributed by atoms with Gasteiger partial charge >= 0.3 is 0 Å². The summed E-state index contributed by atoms with van der Waals surface area (Å²) in [5.74, 6) is 2.43. The smallest absolute Gasteiger partial charge is 0.169 e. The van der Waals surface area contributed by atoms with Gasteiger partial charge in [0.2, 0.25) is 0 Å². The molecule has 0 N–H and O–H groups in total. The average molecular weight is 295 g/mol. The van der Waals surface area contributed by atoms with Gasteiger partial charge in [-0.25, -0.2) is 15.0 Å². The lowest BCUT2D eigenvalue weighted by atomic mass is 10.1. The molecule has 0 aliphatic rings. The van der Waals surface area contributed by atoms with Crippen molar-refractivity contribution in [2.45, 2.75) is 71.6 Å². The fourth-order valence-electron chi connectivity index (χ4n) is 1.58. The van der Waals surface area contributed by atoms with Crippen LogP contribution in [0.1, 0.15) is 78.2 Å². The molecule has 0 unspecified atom stereocenters. The van der Waals surface area contributed by atoms with Crippen molar-refractivity contribution in [3.8, 4) is 0 Å². The predicted molar refractivity (Wildman–Crippen MR) is 91.8 cm³/mol. The molecule has 0 saturated carbocycles. The van der Waals surface area contributed by atoms with Gasteiger partial charge in [0.25, 0.3) is 0 Å². The van der Waals surface area contributed by atoms with Crippen LogP contribution in [0.5, 0.6) is 0 Å². The zero-order chi connectivity index (χ0) is 15.7. The Bertz CT molecular complexity index is 426. The number of aliphatic imine (C=N–C) groups is 1. The van der Waals surface area contributed by atoms with Crippen molar-refractivity contribution in [3.63, 3.8) is 0 Å². The second kappa shape index (κ2) is 9.92. The van der Waals surface area contributed by atoms with Crippen molar-refractivity contribution in [1.82, 2.24) is 9.97 Å². The molecule has 1 aromatic rings. The minimum absolute atomic E-state index is 0.328. The molecule has 1 heterocycles. The summed E-state index contributed by atoms with van der Waals surface area (Å²) >= 11 is 1.68. The summed E-state index contributed by atoms with van der Waals surface area (Å²) in [5.41, 5.74) is 1.12. The van der Waals surface area contributed by atoms with Crippen LogP contribution >= 0.6 is 11.8 Å². The van der Waals surface area contributed by atoms with Gasteiger partial charge in [-0.1, -0.05) is 48.5 Å². The molecule has 20 heavy (non-hydrogen) atoms. The fourth-order valence-corrected chi connectivity index (χ4v) is 2.36. The standard InChI is InChI=1S/C14H23N3S.C2H6/c1-7-8-15-14-12(18-6)11(9(2)3)16-13(17-14)10(4)5;1-2/h8-10H,7H2,1-6H3;1-2H3. The molecule has 1 aromatic heterocycles. The van der Waals surface area contributed by atoms with E-state index in [0.717, 1.165) is 28.7 Å². The van der Waals surface area contributed by atoms with E-state index in [1.165, 1.54) is 0 Å². The molecule has 0 fully saturated rings. The summed E-state index contributed by atoms with van der Waals surface area (Å²) in [6, 6.07) is 0. The predicted octanol–water partition coefficient (Wildman–Crippen LogP) is 5.58. The molecule has 0 spiro atoms. The van der Waals surface area contributed by atoms with Crippen LogP contribution in [0.15, 0.2) is 9.89 Å². The molecule has 4 heteroatoms. The molecule has 0 aliphatic heterocycles. The topological polar surface area (TPSA) is 38.1 Å². The Hall–Kier alpha value is -0.900. The highest BCUT2D eigenvalue weighted by Crippen LogP contribution is 2.34. The Morgan fingerprint density at radius 3 is 2.10 bits per heavy atom. The molecule has 0 amide bonds. The van der Waals surface area contributed by atoms with Crippen molar-refractivity contribution in [3.05, 3.63) is 11.5 Å². The van der Waals surface area contributed by atoms with E-state index in [2.05, 4.69) is 50.9 Å². The van der Waals surface area contributed by atoms with Crippen molar-refractivity contribution in [1.29, 1.82) is 0 Å². The van der Waals surface area contributed by atoms with Gasteiger partial charge < -0.3 is 0 Å². The molecule has 1 rings (SSSR count). The van der Waals surface area contributed by atoms with Gasteiger partial charge in [0.15, 0.2) is 5.82 Å². The normalized spacial score (nSPS) is 11.1. The third kappa shape index (κ3) is 5.23. The van der Waals surface area contributed by atoms with E-state index in [1.807, 2.05) is 20.1 Å². The molecule has 0 radical (unpaired) electrons. The lowest BCUT2D eigenvalue weighted by Gasteiger charge is -2.15. The molecule has 0 atom stereocenters. The maximum Gasteiger partial charge on any atom is 0.169 e. The van der Waals surface area contributed by atoms with Crippen LogP contribution in [0, 0.1) is 0 Å². The molecular formula is C16H29N3S. The fraction of sp³-hybridized carbons (Fsp3) is 0.688. The van der Waals surface area contributed by atoms with E-state index in [-0.39, 0.29) is 0 Å². The zero-order valence-corrected chi connectivity index (χ0v) is 15.0. The first kappa shape index (κ1) is 19.1. The van der Waals surface area contributed by atoms with Crippen LogP contribution < -0.4 is 0 Å². The van der Waals surface area contributed by atoms with Crippen LogP contribution in [-0.4, -0.2) is 22.4 Å². The molecule has 0 bridgehead atoms. The molecule has 0 aliphatic carbocycles. The first-order valence-electron chi connectivity index (χ1n) is 7.49. The number of rotatable bonds is 5. The summed E-state index contributed by atoms with van der Waals surface area (Å²) in [5, 5.41) is 0. The first-order chi connectivity index (χ1) is 9.51. The van der Waals surface area contributed by atoms with Crippen molar-refractivity contribution in [2.75, 3.05) is 6.26 Å². The number of nitrogens with zero attached hydrogens (tertiary/aromatic N) is 3. The maximum absolute atomic E-state index is 4.71. The third-order valence-corrected chi connectivity index (χ3v) is 3.35. The zero-order valence-electron chi connectivity index (χ0n) is 14.2. The van der Waals surface area contributed by atoms with Crippen molar-refractivity contribution < 1.29 is 0 Å². The average Bonchev–Trinajstić information content (AvgIpc) is 2.45. The van der Waals surface area contributed by atoms with Gasteiger partial charge in [0, 0.05) is 12.1 Å². The second-order valence-electron chi connectivity index (χ2n) is 4.85. The van der Waals surface area contributed by atoms with Crippen LogP contribution in [0.4, 0.5) is 5.82 Å². The maximum atomic E-state index is 4.71. The number of aromatic nitrogens is 2. The molecular weight excluding hydrogens is 266 g/mol. The Morgan fingerprint density at radius 1 is 1.10 bits per heavy atom. The summed E-state index contributed by atoms with van der Waals surface area (Å²) in [7, 11) is 0. The lowest BCUT2D eigenvalue weighted by molar-refractivity contribution is 0.711. The highest BCUT2D eigenvalue weighted by atomic mass is 32.2. The first-order valence-corrected chi connectivity index (χ1v) is 8.72. The monoisotopic (exact) mass is 295 g/mol. The van der Waals surface area contributed by atoms with Gasteiger partial charge in [-0.3, -0.25) is 0 Å². The van der Waals surface area contributed by atoms with Gasteiger partial charge in [0.05, 0.1) is 10.6 Å². The van der Waals surface area contributed by atoms with E-state index >= 15 is 0 Å². The summed E-state index contributed by atoms with van der Waals surface area (Å²) in [6.07, 6.45) is 4.90. The van der Waals surface area contributed by atoms with E-state index in [0.29, 0.717) is 11.8 Å². The minimum Gasteiger partial charge on any atom is -0.241 e. The van der Waals surface area contributed by atoms with Crippen LogP contribution in [0.2, 0.25) is 0 Å². The van der Waals surface area contributed by atoms with Crippen LogP contribution in [-0.2, 0) is 0 Å². The largest absolute Gasteiger partial charge is 0.241 e. The van der Waals surface area contributed by atoms with Gasteiger partial charge in [-0.05, 0) is 18.6 Å². The van der Waals surface area contributed by atoms with E-state index in [9.17, 15) is 0 Å². The minimum atomic E-state index is 0.328. The van der Waals surface area contributed by atoms with E-state index in [4.69, 9.17) is 4.98 Å². The van der Waals surface area contributed by atoms with E-state index in [1.54, 1.807) is 11.8 Å². The lowest BCUT2D eigenvalue weighted by Crippen LogP contribution is -2.05. The molecule has 3 nitrogen and oxygen atoms in total. The Labute approximate surface area is 128 Å².